The molecule has 0 amide bonds. The van der Waals surface area contributed by atoms with Crippen LogP contribution in [0.1, 0.15) is 0 Å². The molecule has 0 saturated carbocycles. The van der Waals surface area contributed by atoms with Gasteiger partial charge >= 0.3 is 0 Å². The number of pyridine rings is 5. The molecule has 0 bridgehead atoms. The molecule has 0 spiro atoms. The predicted octanol–water partition coefficient (Wildman–Crippen LogP) is 11.5. The van der Waals surface area contributed by atoms with E-state index < -0.39 is 31.7 Å². The fraction of sp³-hybridized carbons (Fsp3) is 0.0217. The van der Waals surface area contributed by atoms with Gasteiger partial charge in [0.05, 0.1) is 44.3 Å². The van der Waals surface area contributed by atoms with Gasteiger partial charge in [-0.2, -0.15) is 0 Å². The molecule has 65 heavy (non-hydrogen) atoms. The molecule has 5 aromatic heterocycles. The van der Waals surface area contributed by atoms with Crippen molar-refractivity contribution in [3.8, 4) is 39.3 Å². The number of rotatable bonds is 10. The van der Waals surface area contributed by atoms with Gasteiger partial charge in [-0.1, -0.05) is 46.9 Å². The second kappa shape index (κ2) is 18.7. The first-order valence-corrected chi connectivity index (χ1v) is 23.1. The Morgan fingerprint density at radius 1 is 0.508 bits per heavy atom. The maximum absolute atomic E-state index is 13.2. The summed E-state index contributed by atoms with van der Waals surface area (Å²) in [4.78, 5) is 21.1. The molecule has 5 heterocycles. The molecular weight excluding hydrogens is 939 g/mol. The molecule has 326 valence electrons. The smallest absolute Gasteiger partial charge is 0.261 e. The fourth-order valence-electron chi connectivity index (χ4n) is 6.60. The minimum Gasteiger partial charge on any atom is -0.481 e. The van der Waals surface area contributed by atoms with Gasteiger partial charge in [-0.3, -0.25) is 19.4 Å². The Kier molecular flexibility index (Phi) is 12.9. The Bertz CT molecular complexity index is 3490. The van der Waals surface area contributed by atoms with Crippen LogP contribution in [-0.2, 0) is 20.0 Å². The number of fused-ring (bicyclic) bond motifs is 2. The number of nitrogens with one attached hydrogen (secondary N) is 2. The highest BCUT2D eigenvalue weighted by Crippen LogP contribution is 2.37. The molecule has 0 unspecified atom stereocenters. The van der Waals surface area contributed by atoms with Gasteiger partial charge < -0.3 is 4.74 Å². The Labute approximate surface area is 386 Å². The van der Waals surface area contributed by atoms with E-state index in [1.165, 1.54) is 30.5 Å². The first-order chi connectivity index (χ1) is 31.2. The average molecular weight is 969 g/mol. The van der Waals surface area contributed by atoms with E-state index in [4.69, 9.17) is 39.5 Å². The van der Waals surface area contributed by atoms with E-state index in [-0.39, 0.29) is 31.5 Å². The summed E-state index contributed by atoms with van der Waals surface area (Å²) in [5.74, 6) is -0.583. The minimum absolute atomic E-state index is 0.0140. The number of aromatic nitrogens is 5. The van der Waals surface area contributed by atoms with E-state index in [1.54, 1.807) is 50.1 Å². The van der Waals surface area contributed by atoms with E-state index in [1.807, 2.05) is 54.6 Å². The highest BCUT2D eigenvalue weighted by atomic mass is 35.5. The van der Waals surface area contributed by atoms with Crippen LogP contribution in [0.25, 0.3) is 55.2 Å². The lowest BCUT2D eigenvalue weighted by atomic mass is 9.98. The van der Waals surface area contributed by atoms with Crippen molar-refractivity contribution < 1.29 is 30.4 Å². The summed E-state index contributed by atoms with van der Waals surface area (Å²) in [5, 5.41) is 2.13. The molecular formula is C46H30Cl3F2N7O5S2. The summed E-state index contributed by atoms with van der Waals surface area (Å²) in [7, 11) is -6.41. The van der Waals surface area contributed by atoms with Crippen molar-refractivity contribution in [1.82, 2.24) is 24.9 Å². The number of anilines is 2. The van der Waals surface area contributed by atoms with Gasteiger partial charge in [0.25, 0.3) is 20.0 Å². The van der Waals surface area contributed by atoms with Gasteiger partial charge in [0, 0.05) is 58.4 Å². The van der Waals surface area contributed by atoms with E-state index >= 15 is 0 Å². The predicted molar refractivity (Wildman–Crippen MR) is 249 cm³/mol. The van der Waals surface area contributed by atoms with Crippen LogP contribution in [0.3, 0.4) is 0 Å². The molecule has 9 aromatic rings. The SMILES string of the molecule is COc1ncccc1-c1ccnc2ccc(-c3cnc(Cl)c(NS(=O)(=O)c4ccc(F)cc4)c3)cc12.O=S(=O)(Nc1cc(-c2ccc3nccc(Cl)c3c2)cnc1Cl)c1ccc(F)cc1. The van der Waals surface area contributed by atoms with Gasteiger partial charge in [0.15, 0.2) is 10.3 Å². The molecule has 0 radical (unpaired) electrons. The Hall–Kier alpha value is -6.82. The topological polar surface area (TPSA) is 166 Å². The van der Waals surface area contributed by atoms with Crippen LogP contribution < -0.4 is 14.2 Å². The number of ether oxygens (including phenoxy) is 1. The third kappa shape index (κ3) is 9.96. The van der Waals surface area contributed by atoms with Crippen LogP contribution in [-0.4, -0.2) is 48.9 Å². The molecule has 0 fully saturated rings. The third-order valence-corrected chi connectivity index (χ3v) is 13.5. The summed E-state index contributed by atoms with van der Waals surface area (Å²) in [6.45, 7) is 0. The molecule has 4 aromatic carbocycles. The normalized spacial score (nSPS) is 11.5. The molecule has 19 heteroatoms. The second-order valence-electron chi connectivity index (χ2n) is 13.9. The lowest BCUT2D eigenvalue weighted by molar-refractivity contribution is 0.400. The summed E-state index contributed by atoms with van der Waals surface area (Å²) in [6, 6.07) is 30.6. The Morgan fingerprint density at radius 3 is 1.52 bits per heavy atom. The summed E-state index contributed by atoms with van der Waals surface area (Å²) >= 11 is 18.5. The lowest BCUT2D eigenvalue weighted by Gasteiger charge is -2.13. The molecule has 0 saturated heterocycles. The van der Waals surface area contributed by atoms with E-state index in [0.717, 1.165) is 68.3 Å². The molecule has 0 aliphatic carbocycles. The maximum Gasteiger partial charge on any atom is 0.261 e. The van der Waals surface area contributed by atoms with Crippen molar-refractivity contribution in [2.24, 2.45) is 0 Å². The van der Waals surface area contributed by atoms with E-state index in [9.17, 15) is 25.6 Å². The highest BCUT2D eigenvalue weighted by molar-refractivity contribution is 7.93. The molecule has 0 aliphatic rings. The maximum atomic E-state index is 13.2. The highest BCUT2D eigenvalue weighted by Gasteiger charge is 2.20. The first kappa shape index (κ1) is 44.8. The van der Waals surface area contributed by atoms with Crippen molar-refractivity contribution >= 4 is 88.0 Å². The molecule has 0 atom stereocenters. The minimum atomic E-state index is -4.01. The molecule has 9 rings (SSSR count). The summed E-state index contributed by atoms with van der Waals surface area (Å²) in [6.07, 6.45) is 8.08. The van der Waals surface area contributed by atoms with Crippen LogP contribution in [0.2, 0.25) is 15.3 Å². The number of nitrogens with zero attached hydrogens (tertiary/aromatic N) is 5. The van der Waals surface area contributed by atoms with Gasteiger partial charge in [0.1, 0.15) is 11.6 Å². The largest absolute Gasteiger partial charge is 0.481 e. The number of benzene rings is 4. The summed E-state index contributed by atoms with van der Waals surface area (Å²) < 4.78 is 87.4. The van der Waals surface area contributed by atoms with Crippen molar-refractivity contribution in [3.63, 3.8) is 0 Å². The number of methoxy groups -OCH3 is 1. The van der Waals surface area contributed by atoms with Crippen LogP contribution in [0.15, 0.2) is 162 Å². The average Bonchev–Trinajstić information content (AvgIpc) is 3.30. The monoisotopic (exact) mass is 967 g/mol. The van der Waals surface area contributed by atoms with Crippen LogP contribution in [0.4, 0.5) is 20.2 Å². The number of hydrogen-bond donors (Lipinski definition) is 2. The first-order valence-electron chi connectivity index (χ1n) is 19.0. The van der Waals surface area contributed by atoms with Crippen molar-refractivity contribution in [1.29, 1.82) is 0 Å². The zero-order chi connectivity index (χ0) is 45.9. The Morgan fingerprint density at radius 2 is 1.00 bits per heavy atom. The number of halogens is 5. The standard InChI is InChI=1S/C26H18ClFN4O3S.C20H12Cl2FN3O2S/c1-35-26-21(3-2-11-30-26)20-10-12-29-23-9-4-16(13-22(20)23)17-14-24(25(27)31-15-17)32-36(33,34)19-7-5-18(28)6-8-19;21-17-7-8-24-18-6-1-12(9-16(17)18)13-10-19(20(22)25-11-13)26-29(27,28)15-4-2-14(23)3-5-15/h2-15,32H,1H3;1-11,26H. The quantitative estimate of drug-likeness (QED) is 0.126. The third-order valence-electron chi connectivity index (χ3n) is 9.77. The lowest BCUT2D eigenvalue weighted by Crippen LogP contribution is -2.13. The molecule has 12 nitrogen and oxygen atoms in total. The molecule has 2 N–H and O–H groups in total. The number of hydrogen-bond acceptors (Lipinski definition) is 10. The molecule has 0 aliphatic heterocycles. The van der Waals surface area contributed by atoms with Crippen LogP contribution in [0, 0.1) is 11.6 Å². The number of sulfonamides is 2. The van der Waals surface area contributed by atoms with Crippen LogP contribution in [0.5, 0.6) is 5.88 Å². The van der Waals surface area contributed by atoms with Gasteiger partial charge in [-0.25, -0.2) is 40.6 Å². The van der Waals surface area contributed by atoms with Gasteiger partial charge in [0.2, 0.25) is 5.88 Å². The van der Waals surface area contributed by atoms with E-state index in [0.29, 0.717) is 22.0 Å². The zero-order valence-corrected chi connectivity index (χ0v) is 37.3. The van der Waals surface area contributed by atoms with E-state index in [2.05, 4.69) is 34.4 Å². The second-order valence-corrected chi connectivity index (χ2v) is 18.4. The Balaban J connectivity index is 0.000000181. The van der Waals surface area contributed by atoms with Gasteiger partial charge in [-0.05, 0) is 126 Å². The van der Waals surface area contributed by atoms with Crippen LogP contribution >= 0.6 is 34.8 Å². The van der Waals surface area contributed by atoms with Gasteiger partial charge in [-0.15, -0.1) is 0 Å². The summed E-state index contributed by atoms with van der Waals surface area (Å²) in [5.41, 5.74) is 6.19. The zero-order valence-electron chi connectivity index (χ0n) is 33.4. The van der Waals surface area contributed by atoms with Crippen molar-refractivity contribution in [2.45, 2.75) is 9.79 Å². The van der Waals surface area contributed by atoms with Crippen molar-refractivity contribution in [2.75, 3.05) is 16.6 Å². The van der Waals surface area contributed by atoms with Crippen molar-refractivity contribution in [3.05, 3.63) is 179 Å². The fourth-order valence-corrected chi connectivity index (χ4v) is 9.34.